The maximum absolute atomic E-state index is 12.9. The SMILES string of the molecule is O=C(CCCc1nc(-c2cccc(C(F)(F)F)c2)no1)NCCCNc1n[nH]c(=O)c2ccccc12. The van der Waals surface area contributed by atoms with Crippen LogP contribution >= 0.6 is 0 Å². The number of aryl methyl sites for hydroxylation is 1. The molecule has 9 nitrogen and oxygen atoms in total. The van der Waals surface area contributed by atoms with Crippen molar-refractivity contribution in [3.05, 3.63) is 70.3 Å². The van der Waals surface area contributed by atoms with Gasteiger partial charge in [-0.25, -0.2) is 5.10 Å². The van der Waals surface area contributed by atoms with Crippen LogP contribution in [0.15, 0.2) is 57.8 Å². The topological polar surface area (TPSA) is 126 Å². The highest BCUT2D eigenvalue weighted by Gasteiger charge is 2.30. The molecule has 0 fully saturated rings. The summed E-state index contributed by atoms with van der Waals surface area (Å²) in [5, 5.41) is 17.5. The minimum Gasteiger partial charge on any atom is -0.368 e. The molecule has 0 radical (unpaired) electrons. The molecule has 2 heterocycles. The number of aromatic nitrogens is 4. The van der Waals surface area contributed by atoms with Crippen LogP contribution in [0.1, 0.15) is 30.7 Å². The average molecular weight is 500 g/mol. The summed E-state index contributed by atoms with van der Waals surface area (Å²) in [6, 6.07) is 11.8. The summed E-state index contributed by atoms with van der Waals surface area (Å²) in [5.41, 5.74) is -0.839. The standard InChI is InChI=1S/C24H23F3N6O3/c25-24(26,27)16-7-3-6-15(14-16)21-30-20(36-33-21)11-4-10-19(34)28-12-5-13-29-22-17-8-1-2-9-18(17)23(35)32-31-22/h1-3,6-9,14H,4-5,10-13H2,(H,28,34)(H,29,31)(H,32,35). The van der Waals surface area contributed by atoms with Gasteiger partial charge in [-0.2, -0.15) is 23.3 Å². The van der Waals surface area contributed by atoms with Gasteiger partial charge in [0.2, 0.25) is 17.6 Å². The minimum absolute atomic E-state index is 0.0674. The lowest BCUT2D eigenvalue weighted by atomic mass is 10.1. The molecule has 0 saturated heterocycles. The van der Waals surface area contributed by atoms with E-state index in [0.29, 0.717) is 43.6 Å². The number of rotatable bonds is 10. The Bertz CT molecular complexity index is 1400. The first kappa shape index (κ1) is 24.9. The maximum atomic E-state index is 12.9. The summed E-state index contributed by atoms with van der Waals surface area (Å²) in [4.78, 5) is 28.0. The zero-order valence-electron chi connectivity index (χ0n) is 19.1. The smallest absolute Gasteiger partial charge is 0.368 e. The average Bonchev–Trinajstić information content (AvgIpc) is 3.34. The van der Waals surface area contributed by atoms with E-state index in [2.05, 4.69) is 31.0 Å². The largest absolute Gasteiger partial charge is 0.416 e. The van der Waals surface area contributed by atoms with Crippen LogP contribution in [-0.2, 0) is 17.4 Å². The first-order valence-corrected chi connectivity index (χ1v) is 11.3. The minimum atomic E-state index is -4.46. The summed E-state index contributed by atoms with van der Waals surface area (Å²) in [7, 11) is 0. The molecule has 188 valence electrons. The van der Waals surface area contributed by atoms with Crippen LogP contribution in [0.4, 0.5) is 19.0 Å². The number of hydrogen-bond donors (Lipinski definition) is 3. The number of fused-ring (bicyclic) bond motifs is 1. The van der Waals surface area contributed by atoms with Crippen molar-refractivity contribution >= 4 is 22.5 Å². The van der Waals surface area contributed by atoms with Crippen LogP contribution in [0, 0.1) is 0 Å². The van der Waals surface area contributed by atoms with Gasteiger partial charge < -0.3 is 15.2 Å². The summed E-state index contributed by atoms with van der Waals surface area (Å²) in [5.74, 6) is 0.749. The highest BCUT2D eigenvalue weighted by atomic mass is 19.4. The van der Waals surface area contributed by atoms with Gasteiger partial charge in [0.15, 0.2) is 5.82 Å². The number of amides is 1. The first-order chi connectivity index (χ1) is 17.3. The number of H-pyrrole nitrogens is 1. The lowest BCUT2D eigenvalue weighted by Gasteiger charge is -2.08. The van der Waals surface area contributed by atoms with Crippen molar-refractivity contribution in [1.29, 1.82) is 0 Å². The molecule has 0 aliphatic rings. The van der Waals surface area contributed by atoms with Gasteiger partial charge in [0.1, 0.15) is 0 Å². The van der Waals surface area contributed by atoms with Gasteiger partial charge in [-0.1, -0.05) is 35.5 Å². The van der Waals surface area contributed by atoms with Crippen LogP contribution in [0.5, 0.6) is 0 Å². The summed E-state index contributed by atoms with van der Waals surface area (Å²) in [6.07, 6.45) is -2.81. The molecule has 0 bridgehead atoms. The Morgan fingerprint density at radius 1 is 1.03 bits per heavy atom. The van der Waals surface area contributed by atoms with E-state index in [1.54, 1.807) is 12.1 Å². The molecule has 2 aromatic carbocycles. The van der Waals surface area contributed by atoms with Crippen LogP contribution in [0.25, 0.3) is 22.2 Å². The van der Waals surface area contributed by atoms with Crippen molar-refractivity contribution in [2.45, 2.75) is 31.9 Å². The molecular formula is C24H23F3N6O3. The van der Waals surface area contributed by atoms with Crippen LogP contribution in [0.3, 0.4) is 0 Å². The Morgan fingerprint density at radius 3 is 2.64 bits per heavy atom. The van der Waals surface area contributed by atoms with Gasteiger partial charge in [0.05, 0.1) is 10.9 Å². The number of carbonyl (C=O) groups excluding carboxylic acids is 1. The molecule has 0 atom stereocenters. The van der Waals surface area contributed by atoms with Crippen molar-refractivity contribution in [3.8, 4) is 11.4 Å². The molecule has 0 aliphatic carbocycles. The molecule has 1 amide bonds. The van der Waals surface area contributed by atoms with Crippen molar-refractivity contribution in [3.63, 3.8) is 0 Å². The molecular weight excluding hydrogens is 477 g/mol. The number of benzene rings is 2. The predicted octanol–water partition coefficient (Wildman–Crippen LogP) is 3.93. The summed E-state index contributed by atoms with van der Waals surface area (Å²) < 4.78 is 43.8. The van der Waals surface area contributed by atoms with Crippen LogP contribution in [-0.4, -0.2) is 39.3 Å². The Morgan fingerprint density at radius 2 is 1.83 bits per heavy atom. The van der Waals surface area contributed by atoms with E-state index in [1.807, 2.05) is 12.1 Å². The number of nitrogens with zero attached hydrogens (tertiary/aromatic N) is 3. The Hall–Kier alpha value is -4.22. The third-order valence-corrected chi connectivity index (χ3v) is 5.37. The maximum Gasteiger partial charge on any atom is 0.416 e. The molecule has 2 aromatic heterocycles. The van der Waals surface area contributed by atoms with Gasteiger partial charge in [0, 0.05) is 36.9 Å². The molecule has 4 aromatic rings. The zero-order valence-corrected chi connectivity index (χ0v) is 19.1. The van der Waals surface area contributed by atoms with Crippen molar-refractivity contribution in [2.24, 2.45) is 0 Å². The number of halogens is 3. The highest BCUT2D eigenvalue weighted by molar-refractivity contribution is 5.90. The molecule has 0 spiro atoms. The first-order valence-electron chi connectivity index (χ1n) is 11.3. The second kappa shape index (κ2) is 11.0. The fourth-order valence-electron chi connectivity index (χ4n) is 3.57. The van der Waals surface area contributed by atoms with Gasteiger partial charge in [-0.15, -0.1) is 0 Å². The number of hydrogen-bond acceptors (Lipinski definition) is 7. The number of aromatic amines is 1. The molecule has 36 heavy (non-hydrogen) atoms. The molecule has 0 unspecified atom stereocenters. The van der Waals surface area contributed by atoms with E-state index in [0.717, 1.165) is 17.5 Å². The third-order valence-electron chi connectivity index (χ3n) is 5.37. The van der Waals surface area contributed by atoms with Crippen molar-refractivity contribution in [2.75, 3.05) is 18.4 Å². The lowest BCUT2D eigenvalue weighted by molar-refractivity contribution is -0.137. The van der Waals surface area contributed by atoms with Gasteiger partial charge >= 0.3 is 6.18 Å². The van der Waals surface area contributed by atoms with E-state index in [1.165, 1.54) is 12.1 Å². The van der Waals surface area contributed by atoms with Gasteiger partial charge in [-0.05, 0) is 31.0 Å². The molecule has 4 rings (SSSR count). The number of alkyl halides is 3. The van der Waals surface area contributed by atoms with E-state index in [9.17, 15) is 22.8 Å². The van der Waals surface area contributed by atoms with Gasteiger partial charge in [0.25, 0.3) is 5.56 Å². The Kier molecular flexibility index (Phi) is 7.62. The molecule has 0 saturated carbocycles. The fourth-order valence-corrected chi connectivity index (χ4v) is 3.57. The third kappa shape index (κ3) is 6.26. The second-order valence-corrected chi connectivity index (χ2v) is 8.02. The second-order valence-electron chi connectivity index (χ2n) is 8.02. The van der Waals surface area contributed by atoms with E-state index < -0.39 is 11.7 Å². The van der Waals surface area contributed by atoms with Crippen LogP contribution < -0.4 is 16.2 Å². The quantitative estimate of drug-likeness (QED) is 0.282. The monoisotopic (exact) mass is 500 g/mol. The van der Waals surface area contributed by atoms with Crippen molar-refractivity contribution < 1.29 is 22.5 Å². The molecule has 0 aliphatic heterocycles. The summed E-state index contributed by atoms with van der Waals surface area (Å²) >= 11 is 0. The predicted molar refractivity (Wildman–Crippen MR) is 126 cm³/mol. The van der Waals surface area contributed by atoms with E-state index in [-0.39, 0.29) is 35.2 Å². The van der Waals surface area contributed by atoms with Crippen molar-refractivity contribution in [1.82, 2.24) is 25.7 Å². The Balaban J connectivity index is 1.17. The van der Waals surface area contributed by atoms with Crippen LogP contribution in [0.2, 0.25) is 0 Å². The van der Waals surface area contributed by atoms with E-state index in [4.69, 9.17) is 4.52 Å². The number of nitrogens with one attached hydrogen (secondary N) is 3. The Labute approximate surface area is 203 Å². The molecule has 3 N–H and O–H groups in total. The lowest BCUT2D eigenvalue weighted by Crippen LogP contribution is -2.25. The normalized spacial score (nSPS) is 11.5. The van der Waals surface area contributed by atoms with Gasteiger partial charge in [-0.3, -0.25) is 9.59 Å². The molecule has 12 heteroatoms. The summed E-state index contributed by atoms with van der Waals surface area (Å²) in [6.45, 7) is 0.997. The number of anilines is 1. The number of carbonyl (C=O) groups is 1. The highest BCUT2D eigenvalue weighted by Crippen LogP contribution is 2.31. The fraction of sp³-hybridized carbons (Fsp3) is 0.292. The van der Waals surface area contributed by atoms with E-state index >= 15 is 0 Å². The zero-order chi connectivity index (χ0) is 25.5.